The van der Waals surface area contributed by atoms with Gasteiger partial charge < -0.3 is 16.5 Å². The molecule has 0 aliphatic heterocycles. The number of nitrogen functional groups attached to an aromatic ring is 1. The minimum Gasteiger partial charge on any atom is -0.393 e. The number of nitrogens with one attached hydrogen (secondary N) is 2. The van der Waals surface area contributed by atoms with Crippen molar-refractivity contribution < 1.29 is 4.39 Å². The lowest BCUT2D eigenvalue weighted by Gasteiger charge is -2.13. The summed E-state index contributed by atoms with van der Waals surface area (Å²) in [6.07, 6.45) is 6.14. The van der Waals surface area contributed by atoms with Gasteiger partial charge >= 0.3 is 0 Å². The molecule has 0 unspecified atom stereocenters. The van der Waals surface area contributed by atoms with Gasteiger partial charge in [0.1, 0.15) is 11.6 Å². The van der Waals surface area contributed by atoms with Gasteiger partial charge in [0.05, 0.1) is 5.69 Å². The van der Waals surface area contributed by atoms with E-state index < -0.39 is 5.82 Å². The van der Waals surface area contributed by atoms with Crippen LogP contribution in [0.1, 0.15) is 5.56 Å². The number of halogens is 2. The number of benzene rings is 1. The Hall–Kier alpha value is -3.84. The maximum Gasteiger partial charge on any atom is 0.160 e. The zero-order valence-electron chi connectivity index (χ0n) is 16.5. The van der Waals surface area contributed by atoms with E-state index in [1.165, 1.54) is 24.4 Å². The molecule has 0 saturated carbocycles. The minimum atomic E-state index is -0.433. The number of nitrogens with zero attached hydrogens (tertiary/aromatic N) is 3. The van der Waals surface area contributed by atoms with Gasteiger partial charge in [-0.3, -0.25) is 0 Å². The highest BCUT2D eigenvalue weighted by Gasteiger charge is 2.15. The van der Waals surface area contributed by atoms with Crippen LogP contribution in [0, 0.1) is 11.2 Å². The van der Waals surface area contributed by atoms with Crippen LogP contribution in [-0.2, 0) is 0 Å². The molecular weight excluding hydrogens is 415 g/mol. The van der Waals surface area contributed by atoms with Gasteiger partial charge in [-0.25, -0.2) is 19.3 Å². The summed E-state index contributed by atoms with van der Waals surface area (Å²) in [6, 6.07) is 11.7. The summed E-state index contributed by atoms with van der Waals surface area (Å²) in [4.78, 5) is 13.2. The number of fused-ring (bicyclic) bond motifs is 1. The molecule has 0 spiro atoms. The van der Waals surface area contributed by atoms with Gasteiger partial charge in [-0.1, -0.05) is 11.6 Å². The topological polar surface area (TPSA) is 101 Å². The summed E-state index contributed by atoms with van der Waals surface area (Å²) in [5.41, 5.74) is 9.89. The Morgan fingerprint density at radius 1 is 1.16 bits per heavy atom. The number of hydrogen-bond donors (Lipinski definition) is 3. The maximum atomic E-state index is 14.6. The summed E-state index contributed by atoms with van der Waals surface area (Å²) in [6.45, 7) is 0. The molecule has 4 aromatic rings. The second kappa shape index (κ2) is 8.49. The SMILES string of the molecule is CN/C=C(\C=N)c1cc(-c2cc(-c3cc(Cl)ccc3F)nc3ncccc23)cnc1N. The lowest BCUT2D eigenvalue weighted by molar-refractivity contribution is 0.631. The minimum absolute atomic E-state index is 0.278. The predicted octanol–water partition coefficient (Wildman–Crippen LogP) is 4.94. The summed E-state index contributed by atoms with van der Waals surface area (Å²) in [7, 11) is 1.74. The van der Waals surface area contributed by atoms with Crippen molar-refractivity contribution in [3.63, 3.8) is 0 Å². The van der Waals surface area contributed by atoms with Crippen molar-refractivity contribution in [2.45, 2.75) is 0 Å². The normalized spacial score (nSPS) is 11.5. The molecule has 0 atom stereocenters. The molecule has 0 bridgehead atoms. The molecule has 154 valence electrons. The van der Waals surface area contributed by atoms with Gasteiger partial charge in [-0.2, -0.15) is 0 Å². The van der Waals surface area contributed by atoms with E-state index in [0.29, 0.717) is 33.3 Å². The van der Waals surface area contributed by atoms with Crippen molar-refractivity contribution in [2.75, 3.05) is 12.8 Å². The van der Waals surface area contributed by atoms with Gasteiger partial charge in [0.2, 0.25) is 0 Å². The molecular formula is C23H18ClFN6. The summed E-state index contributed by atoms with van der Waals surface area (Å²) in [5.74, 6) is -0.136. The van der Waals surface area contributed by atoms with E-state index in [2.05, 4.69) is 20.3 Å². The van der Waals surface area contributed by atoms with Crippen LogP contribution in [0.4, 0.5) is 10.2 Å². The highest BCUT2D eigenvalue weighted by molar-refractivity contribution is 6.30. The van der Waals surface area contributed by atoms with E-state index in [1.54, 1.807) is 31.7 Å². The first-order chi connectivity index (χ1) is 15.0. The monoisotopic (exact) mass is 432 g/mol. The number of aromatic nitrogens is 3. The number of pyridine rings is 3. The zero-order chi connectivity index (χ0) is 22.0. The number of allylic oxidation sites excluding steroid dienone is 1. The standard InChI is InChI=1S/C23H18ClFN6/c1-28-11-14(10-26)18-7-13(12-30-22(18)27)17-9-21(19-8-15(24)4-5-20(19)25)31-23-16(17)3-2-6-29-23/h2-12,26,28H,1H3,(H2,27,30)/b14-11+,26-10?. The third kappa shape index (κ3) is 3.95. The maximum absolute atomic E-state index is 14.6. The summed E-state index contributed by atoms with van der Waals surface area (Å²) >= 11 is 6.09. The first-order valence-electron chi connectivity index (χ1n) is 9.37. The Labute approximate surface area is 183 Å². The zero-order valence-corrected chi connectivity index (χ0v) is 17.3. The number of rotatable bonds is 5. The summed E-state index contributed by atoms with van der Waals surface area (Å²) < 4.78 is 14.6. The van der Waals surface area contributed by atoms with Gasteiger partial charge in [0, 0.05) is 64.5 Å². The van der Waals surface area contributed by atoms with Crippen molar-refractivity contribution in [2.24, 2.45) is 0 Å². The van der Waals surface area contributed by atoms with E-state index in [9.17, 15) is 4.39 Å². The van der Waals surface area contributed by atoms with Gasteiger partial charge in [-0.05, 0) is 48.0 Å². The fourth-order valence-corrected chi connectivity index (χ4v) is 3.51. The molecule has 8 heteroatoms. The van der Waals surface area contributed by atoms with Crippen molar-refractivity contribution in [1.82, 2.24) is 20.3 Å². The van der Waals surface area contributed by atoms with Crippen LogP contribution < -0.4 is 11.1 Å². The molecule has 4 rings (SSSR count). The molecule has 1 aromatic carbocycles. The molecule has 4 N–H and O–H groups in total. The van der Waals surface area contributed by atoms with Gasteiger partial charge in [0.15, 0.2) is 5.65 Å². The Balaban J connectivity index is 1.99. The highest BCUT2D eigenvalue weighted by atomic mass is 35.5. The van der Waals surface area contributed by atoms with Crippen LogP contribution in [-0.4, -0.2) is 28.2 Å². The van der Waals surface area contributed by atoms with Crippen LogP contribution in [0.25, 0.3) is 39.0 Å². The van der Waals surface area contributed by atoms with Crippen LogP contribution in [0.2, 0.25) is 5.02 Å². The van der Waals surface area contributed by atoms with Crippen LogP contribution in [0.15, 0.2) is 61.1 Å². The Bertz CT molecular complexity index is 1340. The Morgan fingerprint density at radius 3 is 2.77 bits per heavy atom. The molecule has 0 saturated heterocycles. The van der Waals surface area contributed by atoms with E-state index in [4.69, 9.17) is 22.7 Å². The fourth-order valence-electron chi connectivity index (χ4n) is 3.33. The first-order valence-corrected chi connectivity index (χ1v) is 9.75. The van der Waals surface area contributed by atoms with Crippen molar-refractivity contribution >= 4 is 40.2 Å². The van der Waals surface area contributed by atoms with Crippen molar-refractivity contribution in [1.29, 1.82) is 5.41 Å². The number of anilines is 1. The van der Waals surface area contributed by atoms with Crippen LogP contribution >= 0.6 is 11.6 Å². The average molecular weight is 433 g/mol. The van der Waals surface area contributed by atoms with E-state index in [0.717, 1.165) is 16.5 Å². The van der Waals surface area contributed by atoms with Crippen LogP contribution in [0.3, 0.4) is 0 Å². The molecule has 3 heterocycles. The number of hydrogen-bond acceptors (Lipinski definition) is 6. The molecule has 6 nitrogen and oxygen atoms in total. The molecule has 3 aromatic heterocycles. The second-order valence-corrected chi connectivity index (χ2v) is 7.18. The predicted molar refractivity (Wildman–Crippen MR) is 123 cm³/mol. The third-order valence-corrected chi connectivity index (χ3v) is 5.02. The van der Waals surface area contributed by atoms with E-state index >= 15 is 0 Å². The Kier molecular flexibility index (Phi) is 5.60. The molecule has 0 aliphatic rings. The lowest BCUT2D eigenvalue weighted by atomic mass is 9.98. The van der Waals surface area contributed by atoms with Crippen LogP contribution in [0.5, 0.6) is 0 Å². The quantitative estimate of drug-likeness (QED) is 0.387. The third-order valence-electron chi connectivity index (χ3n) is 4.78. The van der Waals surface area contributed by atoms with Gasteiger partial charge in [0.25, 0.3) is 0 Å². The van der Waals surface area contributed by atoms with E-state index in [-0.39, 0.29) is 5.56 Å². The molecule has 0 radical (unpaired) electrons. The molecule has 0 aliphatic carbocycles. The fraction of sp³-hybridized carbons (Fsp3) is 0.0435. The first kappa shape index (κ1) is 20.4. The average Bonchev–Trinajstić information content (AvgIpc) is 2.79. The molecule has 0 fully saturated rings. The smallest absolute Gasteiger partial charge is 0.160 e. The summed E-state index contributed by atoms with van der Waals surface area (Å²) in [5, 5.41) is 11.8. The lowest BCUT2D eigenvalue weighted by Crippen LogP contribution is -2.02. The second-order valence-electron chi connectivity index (χ2n) is 6.74. The largest absolute Gasteiger partial charge is 0.393 e. The van der Waals surface area contributed by atoms with E-state index in [1.807, 2.05) is 18.2 Å². The van der Waals surface area contributed by atoms with Crippen molar-refractivity contribution in [3.8, 4) is 22.4 Å². The van der Waals surface area contributed by atoms with Crippen molar-refractivity contribution in [3.05, 3.63) is 77.5 Å². The molecule has 0 amide bonds. The highest BCUT2D eigenvalue weighted by Crippen LogP contribution is 2.34. The Morgan fingerprint density at radius 2 is 2.00 bits per heavy atom. The number of nitrogens with two attached hydrogens (primary N) is 1. The van der Waals surface area contributed by atoms with Gasteiger partial charge in [-0.15, -0.1) is 0 Å². The molecule has 31 heavy (non-hydrogen) atoms.